The largest absolute Gasteiger partial charge is 0.489 e. The van der Waals surface area contributed by atoms with Crippen molar-refractivity contribution in [1.29, 1.82) is 0 Å². The van der Waals surface area contributed by atoms with E-state index >= 15 is 0 Å². The molecule has 3 aromatic carbocycles. The molecule has 0 fully saturated rings. The first-order valence-corrected chi connectivity index (χ1v) is 9.42. The van der Waals surface area contributed by atoms with E-state index in [2.05, 4.69) is 5.32 Å². The number of halogens is 2. The zero-order valence-corrected chi connectivity index (χ0v) is 16.8. The van der Waals surface area contributed by atoms with Crippen LogP contribution in [-0.2, 0) is 11.4 Å². The van der Waals surface area contributed by atoms with Crippen LogP contribution in [0.2, 0.25) is 10.0 Å². The minimum Gasteiger partial charge on any atom is -0.489 e. The highest BCUT2D eigenvalue weighted by Crippen LogP contribution is 2.22. The highest BCUT2D eigenvalue weighted by atomic mass is 35.5. The predicted octanol–water partition coefficient (Wildman–Crippen LogP) is 5.90. The summed E-state index contributed by atoms with van der Waals surface area (Å²) in [6, 6.07) is 19.9. The van der Waals surface area contributed by atoms with Crippen molar-refractivity contribution in [2.75, 3.05) is 11.9 Å². The number of hydrogen-bond acceptors (Lipinski definition) is 3. The average molecular weight is 416 g/mol. The lowest BCUT2D eigenvalue weighted by molar-refractivity contribution is -0.118. The Morgan fingerprint density at radius 2 is 1.61 bits per heavy atom. The van der Waals surface area contributed by atoms with Crippen LogP contribution in [0.1, 0.15) is 11.1 Å². The molecule has 0 unspecified atom stereocenters. The Labute approximate surface area is 174 Å². The molecule has 4 nitrogen and oxygen atoms in total. The summed E-state index contributed by atoms with van der Waals surface area (Å²) in [6.07, 6.45) is 0. The van der Waals surface area contributed by atoms with Gasteiger partial charge in [-0.3, -0.25) is 4.79 Å². The van der Waals surface area contributed by atoms with Gasteiger partial charge in [0.05, 0.1) is 0 Å². The number of rotatable bonds is 7. The third-order valence-corrected chi connectivity index (χ3v) is 4.78. The van der Waals surface area contributed by atoms with Crippen molar-refractivity contribution in [2.24, 2.45) is 0 Å². The summed E-state index contributed by atoms with van der Waals surface area (Å²) in [6.45, 7) is 2.16. The molecule has 0 heterocycles. The molecule has 1 N–H and O–H groups in total. The first kappa shape index (κ1) is 20.1. The second-order valence-electron chi connectivity index (χ2n) is 6.15. The molecule has 6 heteroatoms. The maximum atomic E-state index is 12.1. The van der Waals surface area contributed by atoms with E-state index < -0.39 is 0 Å². The smallest absolute Gasteiger partial charge is 0.262 e. The van der Waals surface area contributed by atoms with Crippen molar-refractivity contribution in [1.82, 2.24) is 0 Å². The Hall–Kier alpha value is -2.69. The van der Waals surface area contributed by atoms with Crippen LogP contribution in [0.25, 0.3) is 0 Å². The number of nitrogens with one attached hydrogen (secondary N) is 1. The molecular formula is C22H19Cl2NO3. The second-order valence-corrected chi connectivity index (χ2v) is 6.97. The molecule has 3 rings (SSSR count). The lowest BCUT2D eigenvalue weighted by atomic mass is 10.2. The van der Waals surface area contributed by atoms with E-state index in [0.29, 0.717) is 33.8 Å². The molecule has 0 saturated carbocycles. The molecule has 0 aliphatic carbocycles. The molecule has 0 aliphatic rings. The van der Waals surface area contributed by atoms with Crippen LogP contribution in [0.5, 0.6) is 11.5 Å². The predicted molar refractivity (Wildman–Crippen MR) is 113 cm³/mol. The fraction of sp³-hybridized carbons (Fsp3) is 0.136. The van der Waals surface area contributed by atoms with E-state index in [1.807, 2.05) is 31.2 Å². The van der Waals surface area contributed by atoms with Crippen LogP contribution in [0, 0.1) is 6.92 Å². The van der Waals surface area contributed by atoms with Gasteiger partial charge in [0.1, 0.15) is 18.1 Å². The summed E-state index contributed by atoms with van der Waals surface area (Å²) in [4.78, 5) is 12.1. The minimum absolute atomic E-state index is 0.0914. The van der Waals surface area contributed by atoms with Gasteiger partial charge in [0.2, 0.25) is 0 Å². The third-order valence-electron chi connectivity index (χ3n) is 3.99. The van der Waals surface area contributed by atoms with E-state index in [0.717, 1.165) is 11.1 Å². The van der Waals surface area contributed by atoms with Crippen molar-refractivity contribution >= 4 is 34.8 Å². The molecule has 0 atom stereocenters. The Bertz CT molecular complexity index is 958. The number of hydrogen-bond donors (Lipinski definition) is 1. The molecule has 144 valence electrons. The first-order valence-electron chi connectivity index (χ1n) is 8.66. The molecule has 0 spiro atoms. The summed E-state index contributed by atoms with van der Waals surface area (Å²) in [5.41, 5.74) is 2.47. The number of carbonyl (C=O) groups is 1. The van der Waals surface area contributed by atoms with E-state index in [-0.39, 0.29) is 12.5 Å². The Kier molecular flexibility index (Phi) is 6.80. The van der Waals surface area contributed by atoms with E-state index in [1.54, 1.807) is 42.5 Å². The standard InChI is InChI=1S/C22H19Cl2NO3/c1-15-12-19(10-11-20(15)23)28-14-22(26)25-17-6-8-18(9-7-17)27-13-16-4-2-3-5-21(16)24/h2-12H,13-14H2,1H3,(H,25,26). The number of ether oxygens (including phenoxy) is 2. The summed E-state index contributed by atoms with van der Waals surface area (Å²) in [7, 11) is 0. The fourth-order valence-corrected chi connectivity index (χ4v) is 2.77. The highest BCUT2D eigenvalue weighted by Gasteiger charge is 2.06. The number of amides is 1. The summed E-state index contributed by atoms with van der Waals surface area (Å²) in [5.74, 6) is 1.03. The topological polar surface area (TPSA) is 47.6 Å². The third kappa shape index (κ3) is 5.65. The SMILES string of the molecule is Cc1cc(OCC(=O)Nc2ccc(OCc3ccccc3Cl)cc2)ccc1Cl. The van der Waals surface area contributed by atoms with Crippen molar-refractivity contribution in [3.8, 4) is 11.5 Å². The lowest BCUT2D eigenvalue weighted by Crippen LogP contribution is -2.20. The quantitative estimate of drug-likeness (QED) is 0.522. The summed E-state index contributed by atoms with van der Waals surface area (Å²) < 4.78 is 11.2. The fourth-order valence-electron chi connectivity index (χ4n) is 2.46. The van der Waals surface area contributed by atoms with E-state index in [9.17, 15) is 4.79 Å². The van der Waals surface area contributed by atoms with Crippen molar-refractivity contribution in [3.63, 3.8) is 0 Å². The number of benzene rings is 3. The van der Waals surface area contributed by atoms with Crippen LogP contribution >= 0.6 is 23.2 Å². The molecule has 1 amide bonds. The Balaban J connectivity index is 1.48. The van der Waals surface area contributed by atoms with Gasteiger partial charge in [0.15, 0.2) is 6.61 Å². The van der Waals surface area contributed by atoms with Crippen LogP contribution in [0.15, 0.2) is 66.7 Å². The van der Waals surface area contributed by atoms with Gasteiger partial charge in [-0.05, 0) is 61.0 Å². The van der Waals surface area contributed by atoms with Crippen LogP contribution < -0.4 is 14.8 Å². The molecular weight excluding hydrogens is 397 g/mol. The van der Waals surface area contributed by atoms with E-state index in [4.69, 9.17) is 32.7 Å². The average Bonchev–Trinajstić information content (AvgIpc) is 2.69. The van der Waals surface area contributed by atoms with Gasteiger partial charge in [-0.1, -0.05) is 41.4 Å². The van der Waals surface area contributed by atoms with Gasteiger partial charge in [-0.2, -0.15) is 0 Å². The summed E-state index contributed by atoms with van der Waals surface area (Å²) >= 11 is 12.1. The van der Waals surface area contributed by atoms with Gasteiger partial charge < -0.3 is 14.8 Å². The zero-order valence-electron chi connectivity index (χ0n) is 15.2. The maximum absolute atomic E-state index is 12.1. The minimum atomic E-state index is -0.252. The van der Waals surface area contributed by atoms with Gasteiger partial charge in [-0.25, -0.2) is 0 Å². The molecule has 0 radical (unpaired) electrons. The molecule has 0 aliphatic heterocycles. The summed E-state index contributed by atoms with van der Waals surface area (Å²) in [5, 5.41) is 4.11. The molecule has 0 saturated heterocycles. The van der Waals surface area contributed by atoms with Crippen LogP contribution in [-0.4, -0.2) is 12.5 Å². The van der Waals surface area contributed by atoms with Gasteiger partial charge in [0, 0.05) is 21.3 Å². The Morgan fingerprint density at radius 3 is 2.32 bits per heavy atom. The molecule has 0 bridgehead atoms. The number of anilines is 1. The van der Waals surface area contributed by atoms with Crippen LogP contribution in [0.3, 0.4) is 0 Å². The number of aryl methyl sites for hydroxylation is 1. The molecule has 3 aromatic rings. The zero-order chi connectivity index (χ0) is 19.9. The van der Waals surface area contributed by atoms with Crippen LogP contribution in [0.4, 0.5) is 5.69 Å². The second kappa shape index (κ2) is 9.49. The lowest BCUT2D eigenvalue weighted by Gasteiger charge is -2.10. The van der Waals surface area contributed by atoms with E-state index in [1.165, 1.54) is 0 Å². The van der Waals surface area contributed by atoms with Gasteiger partial charge >= 0.3 is 0 Å². The number of carbonyl (C=O) groups excluding carboxylic acids is 1. The Morgan fingerprint density at radius 1 is 0.893 bits per heavy atom. The van der Waals surface area contributed by atoms with Gasteiger partial charge in [0.25, 0.3) is 5.91 Å². The molecule has 0 aromatic heterocycles. The molecule has 28 heavy (non-hydrogen) atoms. The normalized spacial score (nSPS) is 10.4. The highest BCUT2D eigenvalue weighted by molar-refractivity contribution is 6.31. The van der Waals surface area contributed by atoms with Crippen molar-refractivity contribution in [2.45, 2.75) is 13.5 Å². The monoisotopic (exact) mass is 415 g/mol. The van der Waals surface area contributed by atoms with Gasteiger partial charge in [-0.15, -0.1) is 0 Å². The first-order chi connectivity index (χ1) is 13.5. The van der Waals surface area contributed by atoms with Crippen molar-refractivity contribution in [3.05, 3.63) is 87.9 Å². The van der Waals surface area contributed by atoms with Crippen molar-refractivity contribution < 1.29 is 14.3 Å². The maximum Gasteiger partial charge on any atom is 0.262 e.